The third kappa shape index (κ3) is 2.82. The zero-order chi connectivity index (χ0) is 18.6. The summed E-state index contributed by atoms with van der Waals surface area (Å²) < 4.78 is 1.94. The molecular formula is C19H24N4O3. The number of fused-ring (bicyclic) bond motifs is 1. The Balaban J connectivity index is 1.91. The van der Waals surface area contributed by atoms with Crippen molar-refractivity contribution in [2.45, 2.75) is 44.8 Å². The van der Waals surface area contributed by atoms with Gasteiger partial charge in [-0.05, 0) is 38.8 Å². The van der Waals surface area contributed by atoms with Crippen molar-refractivity contribution in [1.82, 2.24) is 9.88 Å². The monoisotopic (exact) mass is 356 g/mol. The molecule has 0 bridgehead atoms. The van der Waals surface area contributed by atoms with Gasteiger partial charge in [0.15, 0.2) is 0 Å². The maximum absolute atomic E-state index is 12.6. The zero-order valence-corrected chi connectivity index (χ0v) is 15.0. The number of anilines is 2. The number of aromatic nitrogens is 1. The molecule has 1 saturated carbocycles. The number of rotatable bonds is 3. The molecule has 0 spiro atoms. The van der Waals surface area contributed by atoms with Crippen molar-refractivity contribution in [2.75, 3.05) is 23.7 Å². The fourth-order valence-corrected chi connectivity index (χ4v) is 4.01. The second-order valence-corrected chi connectivity index (χ2v) is 7.62. The normalized spacial score (nSPS) is 23.4. The van der Waals surface area contributed by atoms with Gasteiger partial charge in [-0.15, -0.1) is 0 Å². The van der Waals surface area contributed by atoms with Crippen molar-refractivity contribution in [3.05, 3.63) is 34.1 Å². The molecule has 2 heterocycles. The van der Waals surface area contributed by atoms with E-state index in [4.69, 9.17) is 5.73 Å². The van der Waals surface area contributed by atoms with E-state index in [1.807, 2.05) is 10.6 Å². The average molecular weight is 356 g/mol. The molecule has 7 nitrogen and oxygen atoms in total. The van der Waals surface area contributed by atoms with Crippen LogP contribution in [0.4, 0.5) is 11.4 Å². The van der Waals surface area contributed by atoms with E-state index in [-0.39, 0.29) is 11.6 Å². The summed E-state index contributed by atoms with van der Waals surface area (Å²) >= 11 is 0. The fraction of sp³-hybridized carbons (Fsp3) is 0.474. The summed E-state index contributed by atoms with van der Waals surface area (Å²) in [4.78, 5) is 26.4. The summed E-state index contributed by atoms with van der Waals surface area (Å²) in [5.41, 5.74) is 7.82. The lowest BCUT2D eigenvalue weighted by molar-refractivity contribution is 0.0695. The van der Waals surface area contributed by atoms with Crippen molar-refractivity contribution >= 4 is 28.2 Å². The molecule has 0 radical (unpaired) electrons. The van der Waals surface area contributed by atoms with E-state index in [0.717, 1.165) is 37.1 Å². The maximum Gasteiger partial charge on any atom is 0.341 e. The van der Waals surface area contributed by atoms with Gasteiger partial charge in [-0.1, -0.05) is 0 Å². The number of aromatic carboxylic acids is 1. The highest BCUT2D eigenvalue weighted by molar-refractivity contribution is 5.96. The second-order valence-electron chi connectivity index (χ2n) is 7.62. The number of carboxylic acids is 1. The van der Waals surface area contributed by atoms with Gasteiger partial charge >= 0.3 is 5.97 Å². The van der Waals surface area contributed by atoms with Crippen molar-refractivity contribution in [3.63, 3.8) is 0 Å². The lowest BCUT2D eigenvalue weighted by Gasteiger charge is -2.38. The molecule has 1 aliphatic carbocycles. The lowest BCUT2D eigenvalue weighted by Crippen LogP contribution is -2.54. The topological polar surface area (TPSA) is 101 Å². The molecule has 0 amide bonds. The first-order valence-corrected chi connectivity index (χ1v) is 9.08. The molecular weight excluding hydrogens is 332 g/mol. The minimum atomic E-state index is -1.20. The number of nitrogen functional groups attached to an aromatic ring is 1. The standard InChI is InChI=1S/C19H24N4O3/c1-10-7-22(8-11(2)21-10)17-6-16-13(5-15(17)20)18(24)14(19(25)26)9-23(16)12-3-4-12/h5-6,9-12,21H,3-4,7-8,20H2,1-2H3,(H,25,26)/t10-,11+. The quantitative estimate of drug-likeness (QED) is 0.725. The van der Waals surface area contributed by atoms with E-state index in [0.29, 0.717) is 23.2 Å². The molecule has 138 valence electrons. The van der Waals surface area contributed by atoms with Gasteiger partial charge in [0.2, 0.25) is 5.43 Å². The highest BCUT2D eigenvalue weighted by Gasteiger charge is 2.28. The van der Waals surface area contributed by atoms with Crippen LogP contribution in [0.5, 0.6) is 0 Å². The van der Waals surface area contributed by atoms with Crippen molar-refractivity contribution < 1.29 is 9.90 Å². The first-order chi connectivity index (χ1) is 12.3. The Labute approximate surface area is 151 Å². The van der Waals surface area contributed by atoms with Crippen LogP contribution in [0.3, 0.4) is 0 Å². The average Bonchev–Trinajstić information content (AvgIpc) is 3.38. The predicted molar refractivity (Wildman–Crippen MR) is 102 cm³/mol. The number of benzene rings is 1. The molecule has 2 aliphatic rings. The molecule has 2 atom stereocenters. The highest BCUT2D eigenvalue weighted by atomic mass is 16.4. The molecule has 1 aliphatic heterocycles. The Morgan fingerprint density at radius 2 is 1.88 bits per heavy atom. The summed E-state index contributed by atoms with van der Waals surface area (Å²) in [7, 11) is 0. The van der Waals surface area contributed by atoms with Crippen LogP contribution >= 0.6 is 0 Å². The first-order valence-electron chi connectivity index (χ1n) is 9.08. The minimum absolute atomic E-state index is 0.194. The van der Waals surface area contributed by atoms with E-state index in [2.05, 4.69) is 24.1 Å². The summed E-state index contributed by atoms with van der Waals surface area (Å²) in [5, 5.41) is 13.3. The molecule has 4 rings (SSSR count). The highest BCUT2D eigenvalue weighted by Crippen LogP contribution is 2.39. The third-order valence-corrected chi connectivity index (χ3v) is 5.25. The molecule has 1 aromatic carbocycles. The van der Waals surface area contributed by atoms with Crippen LogP contribution in [0.25, 0.3) is 10.9 Å². The van der Waals surface area contributed by atoms with Crippen LogP contribution in [-0.2, 0) is 0 Å². The Kier molecular flexibility index (Phi) is 3.91. The van der Waals surface area contributed by atoms with Crippen molar-refractivity contribution in [2.24, 2.45) is 0 Å². The van der Waals surface area contributed by atoms with E-state index in [1.165, 1.54) is 6.20 Å². The van der Waals surface area contributed by atoms with Crippen LogP contribution in [0.2, 0.25) is 0 Å². The molecule has 1 saturated heterocycles. The third-order valence-electron chi connectivity index (χ3n) is 5.25. The summed E-state index contributed by atoms with van der Waals surface area (Å²) in [6.07, 6.45) is 3.49. The fourth-order valence-electron chi connectivity index (χ4n) is 4.01. The van der Waals surface area contributed by atoms with E-state index in [1.54, 1.807) is 6.07 Å². The van der Waals surface area contributed by atoms with Crippen LogP contribution in [-0.4, -0.2) is 40.8 Å². The Morgan fingerprint density at radius 1 is 1.23 bits per heavy atom. The molecule has 0 unspecified atom stereocenters. The molecule has 1 aromatic heterocycles. The molecule has 26 heavy (non-hydrogen) atoms. The zero-order valence-electron chi connectivity index (χ0n) is 15.0. The molecule has 4 N–H and O–H groups in total. The number of pyridine rings is 1. The van der Waals surface area contributed by atoms with Gasteiger partial charge < -0.3 is 25.6 Å². The Morgan fingerprint density at radius 3 is 2.46 bits per heavy atom. The van der Waals surface area contributed by atoms with E-state index >= 15 is 0 Å². The number of carboxylic acid groups (broad SMARTS) is 1. The first kappa shape index (κ1) is 16.9. The van der Waals surface area contributed by atoms with Gasteiger partial charge in [0.25, 0.3) is 0 Å². The van der Waals surface area contributed by atoms with Crippen LogP contribution in [0.1, 0.15) is 43.1 Å². The summed E-state index contributed by atoms with van der Waals surface area (Å²) in [5.74, 6) is -1.20. The summed E-state index contributed by atoms with van der Waals surface area (Å²) in [6, 6.07) is 4.55. The number of nitrogens with two attached hydrogens (primary N) is 1. The number of hydrogen-bond donors (Lipinski definition) is 3. The van der Waals surface area contributed by atoms with Gasteiger partial charge in [-0.3, -0.25) is 4.79 Å². The molecule has 2 aromatic rings. The van der Waals surface area contributed by atoms with Gasteiger partial charge in [-0.25, -0.2) is 4.79 Å². The Hall–Kier alpha value is -2.54. The van der Waals surface area contributed by atoms with E-state index < -0.39 is 11.4 Å². The van der Waals surface area contributed by atoms with Gasteiger partial charge in [-0.2, -0.15) is 0 Å². The number of carbonyl (C=O) groups is 1. The maximum atomic E-state index is 12.6. The molecule has 2 fully saturated rings. The Bertz CT molecular complexity index is 938. The number of nitrogens with one attached hydrogen (secondary N) is 1. The smallest absolute Gasteiger partial charge is 0.341 e. The predicted octanol–water partition coefficient (Wildman–Crippen LogP) is 1.80. The van der Waals surface area contributed by atoms with Crippen molar-refractivity contribution in [1.29, 1.82) is 0 Å². The van der Waals surface area contributed by atoms with E-state index in [9.17, 15) is 14.7 Å². The van der Waals surface area contributed by atoms with Crippen LogP contribution in [0, 0.1) is 0 Å². The molecule has 7 heteroatoms. The lowest BCUT2D eigenvalue weighted by atomic mass is 10.1. The second kappa shape index (κ2) is 6.02. The van der Waals surface area contributed by atoms with Gasteiger partial charge in [0.05, 0.1) is 16.9 Å². The minimum Gasteiger partial charge on any atom is -0.477 e. The van der Waals surface area contributed by atoms with Crippen LogP contribution < -0.4 is 21.4 Å². The van der Waals surface area contributed by atoms with Crippen molar-refractivity contribution in [3.8, 4) is 0 Å². The number of nitrogens with zero attached hydrogens (tertiary/aromatic N) is 2. The van der Waals surface area contributed by atoms with Gasteiger partial charge in [0.1, 0.15) is 5.56 Å². The number of hydrogen-bond acceptors (Lipinski definition) is 5. The van der Waals surface area contributed by atoms with Crippen LogP contribution in [0.15, 0.2) is 23.1 Å². The largest absolute Gasteiger partial charge is 0.477 e. The van der Waals surface area contributed by atoms with Gasteiger partial charge in [0, 0.05) is 42.8 Å². The summed E-state index contributed by atoms with van der Waals surface area (Å²) in [6.45, 7) is 5.94. The number of piperazine rings is 1. The SMILES string of the molecule is C[C@@H]1CN(c2cc3c(cc2N)c(=O)c(C(=O)O)cn3C2CC2)C[C@H](C)N1.